The molecule has 0 spiro atoms. The number of unbranched alkanes of at least 4 members (excludes halogenated alkanes) is 1. The predicted molar refractivity (Wildman–Crippen MR) is 68.6 cm³/mol. The number of nitrogens with zero attached hydrogens (tertiary/aromatic N) is 5. The molecule has 0 N–H and O–H groups in total. The molecule has 0 aliphatic carbocycles. The molecule has 10 heteroatoms. The van der Waals surface area contributed by atoms with E-state index < -0.39 is 0 Å². The van der Waals surface area contributed by atoms with E-state index in [1.165, 1.54) is 0 Å². The van der Waals surface area contributed by atoms with Crippen LogP contribution in [-0.2, 0) is 0 Å². The lowest BCUT2D eigenvalue weighted by Crippen LogP contribution is -2.10. The van der Waals surface area contributed by atoms with Crippen LogP contribution >= 0.6 is 47.1 Å². The molecule has 1 aromatic heterocycles. The summed E-state index contributed by atoms with van der Waals surface area (Å²) in [6.45, 7) is 2.50. The fourth-order valence-corrected chi connectivity index (χ4v) is 1.16. The molecule has 0 saturated carbocycles. The summed E-state index contributed by atoms with van der Waals surface area (Å²) >= 11 is 22.0. The van der Waals surface area contributed by atoms with Crippen molar-refractivity contribution in [2.24, 2.45) is 0 Å². The van der Waals surface area contributed by atoms with Crippen LogP contribution in [0.5, 0.6) is 6.01 Å². The lowest BCUT2D eigenvalue weighted by atomic mass is 10.4. The topological polar surface area (TPSA) is 54.4 Å². The van der Waals surface area contributed by atoms with Crippen LogP contribution in [0.3, 0.4) is 0 Å². The number of aromatic nitrogens is 3. The van der Waals surface area contributed by atoms with Crippen molar-refractivity contribution < 1.29 is 4.74 Å². The van der Waals surface area contributed by atoms with Gasteiger partial charge in [0.25, 0.3) is 11.9 Å². The summed E-state index contributed by atoms with van der Waals surface area (Å²) in [5.74, 6) is -0.0627. The number of rotatable bonds is 6. The third kappa shape index (κ3) is 4.75. The molecule has 1 aromatic rings. The Morgan fingerprint density at radius 2 is 1.53 bits per heavy atom. The van der Waals surface area contributed by atoms with Gasteiger partial charge < -0.3 is 4.74 Å². The highest BCUT2D eigenvalue weighted by molar-refractivity contribution is 6.49. The molecular weight excluding hydrogens is 312 g/mol. The van der Waals surface area contributed by atoms with Gasteiger partial charge >= 0.3 is 6.01 Å². The summed E-state index contributed by atoms with van der Waals surface area (Å²) in [5.41, 5.74) is 0. The first-order valence-corrected chi connectivity index (χ1v) is 6.02. The van der Waals surface area contributed by atoms with Crippen molar-refractivity contribution in [1.29, 1.82) is 0 Å². The minimum atomic E-state index is -0.0314. The van der Waals surface area contributed by atoms with Crippen LogP contribution in [0, 0.1) is 0 Å². The molecule has 1 heterocycles. The third-order valence-corrected chi connectivity index (χ3v) is 2.23. The quantitative estimate of drug-likeness (QED) is 0.592. The van der Waals surface area contributed by atoms with E-state index in [4.69, 9.17) is 51.8 Å². The fraction of sp³-hybridized carbons (Fsp3) is 0.571. The van der Waals surface area contributed by atoms with Crippen LogP contribution in [0.15, 0.2) is 0 Å². The molecule has 96 valence electrons. The highest BCUT2D eigenvalue weighted by Gasteiger charge is 2.14. The van der Waals surface area contributed by atoms with Crippen molar-refractivity contribution in [1.82, 2.24) is 15.0 Å². The Hall–Kier alpha value is -0.430. The second-order valence-corrected chi connectivity index (χ2v) is 4.58. The van der Waals surface area contributed by atoms with Crippen molar-refractivity contribution in [2.45, 2.75) is 19.8 Å². The van der Waals surface area contributed by atoms with Gasteiger partial charge in [-0.15, -0.1) is 0 Å². The van der Waals surface area contributed by atoms with Crippen LogP contribution in [0.2, 0.25) is 0 Å². The minimum Gasteiger partial charge on any atom is -0.463 e. The molecule has 0 bridgehead atoms. The molecule has 6 nitrogen and oxygen atoms in total. The Balaban J connectivity index is 2.88. The zero-order chi connectivity index (χ0) is 12.8. The third-order valence-electron chi connectivity index (χ3n) is 1.62. The van der Waals surface area contributed by atoms with Crippen molar-refractivity contribution in [2.75, 3.05) is 14.5 Å². The molecule has 0 amide bonds. The van der Waals surface area contributed by atoms with Gasteiger partial charge in [0.1, 0.15) is 0 Å². The van der Waals surface area contributed by atoms with Gasteiger partial charge in [-0.25, -0.2) is 0 Å². The van der Waals surface area contributed by atoms with Gasteiger partial charge in [0.05, 0.1) is 6.61 Å². The van der Waals surface area contributed by atoms with Crippen LogP contribution in [-0.4, -0.2) is 21.6 Å². The van der Waals surface area contributed by atoms with Crippen LogP contribution in [0.1, 0.15) is 19.8 Å². The molecule has 0 aliphatic rings. The van der Waals surface area contributed by atoms with E-state index in [1.807, 2.05) is 6.92 Å². The Kier molecular flexibility index (Phi) is 6.11. The Morgan fingerprint density at radius 3 is 1.94 bits per heavy atom. The summed E-state index contributed by atoms with van der Waals surface area (Å²) in [7, 11) is 0. The molecule has 0 atom stereocenters. The van der Waals surface area contributed by atoms with Crippen molar-refractivity contribution in [3.63, 3.8) is 0 Å². The molecule has 0 aliphatic heterocycles. The molecule has 17 heavy (non-hydrogen) atoms. The zero-order valence-electron chi connectivity index (χ0n) is 8.78. The molecule has 0 unspecified atom stereocenters. The largest absolute Gasteiger partial charge is 0.463 e. The Morgan fingerprint density at radius 1 is 1.00 bits per heavy atom. The molecule has 0 saturated heterocycles. The van der Waals surface area contributed by atoms with Gasteiger partial charge in [-0.05, 0) is 6.42 Å². The molecule has 0 aromatic carbocycles. The van der Waals surface area contributed by atoms with Crippen LogP contribution in [0.25, 0.3) is 0 Å². The highest BCUT2D eigenvalue weighted by Crippen LogP contribution is 2.22. The van der Waals surface area contributed by atoms with Crippen LogP contribution < -0.4 is 12.6 Å². The van der Waals surface area contributed by atoms with E-state index in [0.717, 1.165) is 12.8 Å². The summed E-state index contributed by atoms with van der Waals surface area (Å²) in [6, 6.07) is 0.0519. The number of ether oxygens (including phenoxy) is 1. The number of halogens is 4. The summed E-state index contributed by atoms with van der Waals surface area (Å²) in [6.07, 6.45) is 1.85. The maximum atomic E-state index is 5.50. The zero-order valence-corrected chi connectivity index (χ0v) is 11.8. The van der Waals surface area contributed by atoms with E-state index in [1.54, 1.807) is 0 Å². The second kappa shape index (κ2) is 7.10. The smallest absolute Gasteiger partial charge is 0.323 e. The fourth-order valence-electron chi connectivity index (χ4n) is 0.859. The van der Waals surface area contributed by atoms with Crippen LogP contribution in [0.4, 0.5) is 11.9 Å². The summed E-state index contributed by atoms with van der Waals surface area (Å²) in [5, 5.41) is 0. The first-order valence-electron chi connectivity index (χ1n) is 4.66. The monoisotopic (exact) mass is 319 g/mol. The summed E-state index contributed by atoms with van der Waals surface area (Å²) < 4.78 is 6.60. The molecular formula is C7H9Cl4N5O. The van der Waals surface area contributed by atoms with E-state index in [-0.39, 0.29) is 17.9 Å². The Bertz CT molecular complexity index is 338. The Labute approximate surface area is 119 Å². The highest BCUT2D eigenvalue weighted by atomic mass is 35.5. The lowest BCUT2D eigenvalue weighted by molar-refractivity contribution is 0.285. The van der Waals surface area contributed by atoms with E-state index in [2.05, 4.69) is 15.0 Å². The number of anilines is 2. The van der Waals surface area contributed by atoms with E-state index >= 15 is 0 Å². The normalized spacial score (nSPS) is 10.2. The van der Waals surface area contributed by atoms with E-state index in [9.17, 15) is 0 Å². The predicted octanol–water partition coefficient (Wildman–Crippen LogP) is 3.28. The first-order chi connectivity index (χ1) is 8.04. The van der Waals surface area contributed by atoms with Gasteiger partial charge in [-0.3, -0.25) is 0 Å². The SMILES string of the molecule is CCCCOc1nc(N(Cl)Cl)nc(N(Cl)Cl)n1. The maximum Gasteiger partial charge on any atom is 0.323 e. The van der Waals surface area contributed by atoms with Crippen molar-refractivity contribution in [3.05, 3.63) is 0 Å². The van der Waals surface area contributed by atoms with E-state index in [0.29, 0.717) is 14.5 Å². The molecule has 1 rings (SSSR count). The standard InChI is InChI=1S/C7H9Cl4N5O/c1-2-3-4-17-7-13-5(15(8)9)12-6(14-7)16(10)11/h2-4H2,1H3. The molecule has 0 fully saturated rings. The van der Waals surface area contributed by atoms with Gasteiger partial charge in [0.15, 0.2) is 0 Å². The van der Waals surface area contributed by atoms with Gasteiger partial charge in [0, 0.05) is 47.1 Å². The maximum absolute atomic E-state index is 5.50. The van der Waals surface area contributed by atoms with Gasteiger partial charge in [0.2, 0.25) is 0 Å². The lowest BCUT2D eigenvalue weighted by Gasteiger charge is -2.10. The average molecular weight is 321 g/mol. The van der Waals surface area contributed by atoms with Crippen molar-refractivity contribution in [3.8, 4) is 6.01 Å². The second-order valence-electron chi connectivity index (χ2n) is 2.89. The number of hydrogen-bond acceptors (Lipinski definition) is 6. The molecule has 0 radical (unpaired) electrons. The minimum absolute atomic E-state index is 0.0314. The number of hydrogen-bond donors (Lipinski definition) is 0. The average Bonchev–Trinajstić information content (AvgIpc) is 2.29. The first kappa shape index (κ1) is 14.6. The van der Waals surface area contributed by atoms with Gasteiger partial charge in [-0.1, -0.05) is 13.3 Å². The van der Waals surface area contributed by atoms with Crippen molar-refractivity contribution >= 4 is 59.0 Å². The summed E-state index contributed by atoms with van der Waals surface area (Å²) in [4.78, 5) is 11.5. The van der Waals surface area contributed by atoms with Gasteiger partial charge in [-0.2, -0.15) is 22.8 Å².